The zero-order valence-electron chi connectivity index (χ0n) is 18.5. The maximum absolute atomic E-state index is 13.1. The number of hydrogen-bond donors (Lipinski definition) is 2. The number of imide groups is 1. The Bertz CT molecular complexity index is 1060. The third-order valence-electron chi connectivity index (χ3n) is 5.20. The highest BCUT2D eigenvalue weighted by Gasteiger charge is 2.49. The van der Waals surface area contributed by atoms with E-state index in [-0.39, 0.29) is 0 Å². The molecule has 2 aromatic rings. The fraction of sp³-hybridized carbons (Fsp3) is 0.318. The highest BCUT2D eigenvalue weighted by molar-refractivity contribution is 6.10. The average molecular weight is 443 g/mol. The molecular formula is C22H25N3O7. The Kier molecular flexibility index (Phi) is 6.42. The van der Waals surface area contributed by atoms with Gasteiger partial charge in [0.25, 0.3) is 5.91 Å². The van der Waals surface area contributed by atoms with Crippen LogP contribution in [0.15, 0.2) is 36.4 Å². The first-order chi connectivity index (χ1) is 15.3. The third-order valence-corrected chi connectivity index (χ3v) is 5.20. The second-order valence-electron chi connectivity index (χ2n) is 7.13. The quantitative estimate of drug-likeness (QED) is 0.601. The molecule has 4 amide bonds. The lowest BCUT2D eigenvalue weighted by molar-refractivity contribution is -0.133. The van der Waals surface area contributed by atoms with Gasteiger partial charge >= 0.3 is 6.03 Å². The Morgan fingerprint density at radius 1 is 0.906 bits per heavy atom. The first-order valence-electron chi connectivity index (χ1n) is 9.65. The minimum absolute atomic E-state index is 0.415. The van der Waals surface area contributed by atoms with Gasteiger partial charge in [0.15, 0.2) is 23.0 Å². The number of amides is 4. The average Bonchev–Trinajstić information content (AvgIpc) is 3.02. The van der Waals surface area contributed by atoms with Gasteiger partial charge in [0.05, 0.1) is 28.4 Å². The number of carbonyl (C=O) groups excluding carboxylic acids is 3. The minimum Gasteiger partial charge on any atom is -0.493 e. The van der Waals surface area contributed by atoms with Crippen LogP contribution in [-0.4, -0.2) is 57.7 Å². The number of nitrogens with one attached hydrogen (secondary N) is 2. The number of methoxy groups -OCH3 is 4. The molecule has 0 saturated carbocycles. The molecule has 2 N–H and O–H groups in total. The molecular weight excluding hydrogens is 418 g/mol. The standard InChI is InChI=1S/C22H25N3O7/c1-22(13-6-8-15(29-2)17(10-13)31-4)20(27)25(21(28)24-22)12-19(26)23-14-7-9-16(30-3)18(11-14)32-5/h6-11H,12H2,1-5H3,(H,23,26)(H,24,28). The van der Waals surface area contributed by atoms with E-state index in [2.05, 4.69) is 10.6 Å². The predicted molar refractivity (Wildman–Crippen MR) is 115 cm³/mol. The Hall–Kier alpha value is -3.95. The molecule has 10 heteroatoms. The van der Waals surface area contributed by atoms with Crippen molar-refractivity contribution in [1.82, 2.24) is 10.2 Å². The smallest absolute Gasteiger partial charge is 0.325 e. The van der Waals surface area contributed by atoms with E-state index >= 15 is 0 Å². The van der Waals surface area contributed by atoms with Crippen LogP contribution in [0.4, 0.5) is 10.5 Å². The van der Waals surface area contributed by atoms with Crippen molar-refractivity contribution in [3.63, 3.8) is 0 Å². The summed E-state index contributed by atoms with van der Waals surface area (Å²) in [6.45, 7) is 1.11. The van der Waals surface area contributed by atoms with Crippen LogP contribution in [0, 0.1) is 0 Å². The lowest BCUT2D eigenvalue weighted by Crippen LogP contribution is -2.42. The largest absolute Gasteiger partial charge is 0.493 e. The molecule has 2 aromatic carbocycles. The fourth-order valence-electron chi connectivity index (χ4n) is 3.44. The highest BCUT2D eigenvalue weighted by Crippen LogP contribution is 2.35. The number of ether oxygens (including phenoxy) is 4. The van der Waals surface area contributed by atoms with Gasteiger partial charge in [-0.25, -0.2) is 4.79 Å². The van der Waals surface area contributed by atoms with Crippen LogP contribution in [0.2, 0.25) is 0 Å². The van der Waals surface area contributed by atoms with Crippen LogP contribution in [0.25, 0.3) is 0 Å². The van der Waals surface area contributed by atoms with E-state index in [4.69, 9.17) is 18.9 Å². The predicted octanol–water partition coefficient (Wildman–Crippen LogP) is 2.13. The van der Waals surface area contributed by atoms with Crippen molar-refractivity contribution in [2.75, 3.05) is 40.3 Å². The summed E-state index contributed by atoms with van der Waals surface area (Å²) >= 11 is 0. The number of benzene rings is 2. The van der Waals surface area contributed by atoms with Gasteiger partial charge in [0.1, 0.15) is 12.1 Å². The van der Waals surface area contributed by atoms with Crippen LogP contribution in [0.3, 0.4) is 0 Å². The number of rotatable bonds is 8. The van der Waals surface area contributed by atoms with Gasteiger partial charge in [-0.2, -0.15) is 0 Å². The summed E-state index contributed by atoms with van der Waals surface area (Å²) in [7, 11) is 5.96. The molecule has 1 saturated heterocycles. The molecule has 32 heavy (non-hydrogen) atoms. The molecule has 1 atom stereocenters. The van der Waals surface area contributed by atoms with Crippen LogP contribution in [0.1, 0.15) is 12.5 Å². The Labute approximate surface area is 185 Å². The van der Waals surface area contributed by atoms with E-state index in [1.54, 1.807) is 43.3 Å². The molecule has 170 valence electrons. The second kappa shape index (κ2) is 9.04. The van der Waals surface area contributed by atoms with Crippen molar-refractivity contribution in [1.29, 1.82) is 0 Å². The number of nitrogens with zero attached hydrogens (tertiary/aromatic N) is 1. The van der Waals surface area contributed by atoms with Crippen LogP contribution < -0.4 is 29.6 Å². The lowest BCUT2D eigenvalue weighted by atomic mass is 9.91. The number of anilines is 1. The maximum Gasteiger partial charge on any atom is 0.325 e. The van der Waals surface area contributed by atoms with Gasteiger partial charge < -0.3 is 29.6 Å². The molecule has 1 heterocycles. The summed E-state index contributed by atoms with van der Waals surface area (Å²) < 4.78 is 20.9. The molecule has 0 bridgehead atoms. The van der Waals surface area contributed by atoms with Crippen molar-refractivity contribution in [3.8, 4) is 23.0 Å². The molecule has 1 unspecified atom stereocenters. The van der Waals surface area contributed by atoms with Crippen molar-refractivity contribution >= 4 is 23.5 Å². The molecule has 0 spiro atoms. The van der Waals surface area contributed by atoms with E-state index in [9.17, 15) is 14.4 Å². The van der Waals surface area contributed by atoms with Crippen LogP contribution in [-0.2, 0) is 15.1 Å². The summed E-state index contributed by atoms with van der Waals surface area (Å²) in [5.74, 6) is 0.738. The van der Waals surface area contributed by atoms with E-state index in [0.717, 1.165) is 4.90 Å². The van der Waals surface area contributed by atoms with Crippen LogP contribution >= 0.6 is 0 Å². The maximum atomic E-state index is 13.1. The molecule has 3 rings (SSSR count). The highest BCUT2D eigenvalue weighted by atomic mass is 16.5. The number of carbonyl (C=O) groups is 3. The molecule has 10 nitrogen and oxygen atoms in total. The Balaban J connectivity index is 1.77. The first-order valence-corrected chi connectivity index (χ1v) is 9.65. The summed E-state index contributed by atoms with van der Waals surface area (Å²) in [6.07, 6.45) is 0. The van der Waals surface area contributed by atoms with E-state index in [1.165, 1.54) is 28.4 Å². The van der Waals surface area contributed by atoms with Gasteiger partial charge in [-0.15, -0.1) is 0 Å². The van der Waals surface area contributed by atoms with Gasteiger partial charge in [-0.05, 0) is 36.8 Å². The zero-order chi connectivity index (χ0) is 23.5. The number of urea groups is 1. The summed E-state index contributed by atoms with van der Waals surface area (Å²) in [5, 5.41) is 5.31. The Morgan fingerprint density at radius 2 is 1.47 bits per heavy atom. The number of hydrogen-bond acceptors (Lipinski definition) is 7. The zero-order valence-corrected chi connectivity index (χ0v) is 18.5. The summed E-state index contributed by atoms with van der Waals surface area (Å²) in [4.78, 5) is 39.1. The first kappa shape index (κ1) is 22.7. The second-order valence-corrected chi connectivity index (χ2v) is 7.13. The molecule has 1 aliphatic rings. The van der Waals surface area contributed by atoms with Gasteiger partial charge in [0.2, 0.25) is 5.91 Å². The third kappa shape index (κ3) is 4.11. The normalized spacial score (nSPS) is 17.6. The van der Waals surface area contributed by atoms with Gasteiger partial charge in [-0.3, -0.25) is 14.5 Å². The Morgan fingerprint density at radius 3 is 2.06 bits per heavy atom. The summed E-state index contributed by atoms with van der Waals surface area (Å²) in [6, 6.07) is 9.09. The summed E-state index contributed by atoms with van der Waals surface area (Å²) in [5.41, 5.74) is -0.432. The van der Waals surface area contributed by atoms with E-state index in [1.807, 2.05) is 0 Å². The van der Waals surface area contributed by atoms with Gasteiger partial charge in [0, 0.05) is 11.8 Å². The van der Waals surface area contributed by atoms with Crippen molar-refractivity contribution < 1.29 is 33.3 Å². The van der Waals surface area contributed by atoms with E-state index < -0.39 is 29.9 Å². The SMILES string of the molecule is COc1ccc(NC(=O)CN2C(=O)NC(C)(c3ccc(OC)c(OC)c3)C2=O)cc1OC. The lowest BCUT2D eigenvalue weighted by Gasteiger charge is -2.23. The van der Waals surface area contributed by atoms with Gasteiger partial charge in [-0.1, -0.05) is 6.07 Å². The van der Waals surface area contributed by atoms with Crippen molar-refractivity contribution in [3.05, 3.63) is 42.0 Å². The molecule has 1 fully saturated rings. The fourth-order valence-corrected chi connectivity index (χ4v) is 3.44. The minimum atomic E-state index is -1.36. The molecule has 0 aliphatic carbocycles. The monoisotopic (exact) mass is 443 g/mol. The molecule has 0 aromatic heterocycles. The van der Waals surface area contributed by atoms with Crippen LogP contribution in [0.5, 0.6) is 23.0 Å². The van der Waals surface area contributed by atoms with Crippen molar-refractivity contribution in [2.45, 2.75) is 12.5 Å². The molecule has 1 aliphatic heterocycles. The topological polar surface area (TPSA) is 115 Å². The van der Waals surface area contributed by atoms with E-state index in [0.29, 0.717) is 34.2 Å². The van der Waals surface area contributed by atoms with Crippen molar-refractivity contribution in [2.24, 2.45) is 0 Å². The molecule has 0 radical (unpaired) electrons.